The molecule has 0 spiro atoms. The summed E-state index contributed by atoms with van der Waals surface area (Å²) in [5, 5.41) is 34.1. The number of aromatic nitrogens is 4. The van der Waals surface area contributed by atoms with Gasteiger partial charge in [-0.15, -0.1) is 0 Å². The average molecular weight is 483 g/mol. The first-order chi connectivity index (χ1) is 16.0. The molecule has 0 saturated carbocycles. The summed E-state index contributed by atoms with van der Waals surface area (Å²) in [5.41, 5.74) is 2.66. The van der Waals surface area contributed by atoms with Crippen molar-refractivity contribution in [3.05, 3.63) is 71.4 Å². The number of rotatable bonds is 6. The Balaban J connectivity index is 1.72. The molecule has 0 radical (unpaired) electrons. The number of imidazole rings is 1. The molecule has 0 unspecified atom stereocenters. The number of phenols is 1. The van der Waals surface area contributed by atoms with Crippen molar-refractivity contribution in [3.63, 3.8) is 0 Å². The lowest BCUT2D eigenvalue weighted by Gasteiger charge is -2.14. The molecule has 2 aromatic carbocycles. The molecule has 0 fully saturated rings. The molecular formula is C24H20Cl2N4O3. The van der Waals surface area contributed by atoms with E-state index >= 15 is 0 Å². The number of nitrogens with zero attached hydrogens (tertiary/aromatic N) is 3. The molecule has 3 aromatic heterocycles. The Bertz CT molecular complexity index is 1450. The zero-order chi connectivity index (χ0) is 23.1. The SMILES string of the molecule is Oc1c(Cl)cc(Cl)cc1-c1c(-c2c[nH]c3ccccc23)c(O)c(O)n1CCCn1ccnc1. The summed E-state index contributed by atoms with van der Waals surface area (Å²) in [6.45, 7) is 1.02. The van der Waals surface area contributed by atoms with E-state index in [0.717, 1.165) is 10.9 Å². The molecule has 9 heteroatoms. The van der Waals surface area contributed by atoms with Crippen LogP contribution in [0.15, 0.2) is 61.3 Å². The second kappa shape index (κ2) is 8.42. The predicted octanol–water partition coefficient (Wildman–Crippen LogP) is 6.01. The number of nitrogens with one attached hydrogen (secondary N) is 1. The molecule has 0 atom stereocenters. The van der Waals surface area contributed by atoms with Crippen molar-refractivity contribution in [2.45, 2.75) is 19.5 Å². The van der Waals surface area contributed by atoms with Gasteiger partial charge in [0.15, 0.2) is 5.75 Å². The summed E-state index contributed by atoms with van der Waals surface area (Å²) in [5.74, 6) is -0.769. The van der Waals surface area contributed by atoms with Gasteiger partial charge in [-0.1, -0.05) is 41.4 Å². The van der Waals surface area contributed by atoms with Gasteiger partial charge in [-0.2, -0.15) is 0 Å². The average Bonchev–Trinajstić information content (AvgIpc) is 3.52. The fourth-order valence-electron chi connectivity index (χ4n) is 4.20. The number of aromatic hydroxyl groups is 3. The first kappa shape index (κ1) is 21.3. The lowest BCUT2D eigenvalue weighted by Crippen LogP contribution is -2.04. The van der Waals surface area contributed by atoms with Crippen LogP contribution in [-0.4, -0.2) is 34.4 Å². The van der Waals surface area contributed by atoms with E-state index < -0.39 is 0 Å². The fraction of sp³-hybridized carbons (Fsp3) is 0.125. The Morgan fingerprint density at radius 2 is 1.79 bits per heavy atom. The van der Waals surface area contributed by atoms with Crippen LogP contribution < -0.4 is 0 Å². The Hall–Kier alpha value is -3.55. The third-order valence-electron chi connectivity index (χ3n) is 5.71. The summed E-state index contributed by atoms with van der Waals surface area (Å²) in [6, 6.07) is 10.7. The Kier molecular flexibility index (Phi) is 5.44. The minimum Gasteiger partial charge on any atom is -0.506 e. The topological polar surface area (TPSA) is 99.2 Å². The summed E-state index contributed by atoms with van der Waals surface area (Å²) in [4.78, 5) is 7.24. The smallest absolute Gasteiger partial charge is 0.235 e. The van der Waals surface area contributed by atoms with Gasteiger partial charge in [-0.25, -0.2) is 4.98 Å². The van der Waals surface area contributed by atoms with Crippen LogP contribution in [0, 0.1) is 0 Å². The van der Waals surface area contributed by atoms with Gasteiger partial charge < -0.3 is 29.4 Å². The second-order valence-electron chi connectivity index (χ2n) is 7.73. The molecule has 5 aromatic rings. The van der Waals surface area contributed by atoms with Crippen LogP contribution in [0.2, 0.25) is 10.0 Å². The summed E-state index contributed by atoms with van der Waals surface area (Å²) >= 11 is 12.5. The summed E-state index contributed by atoms with van der Waals surface area (Å²) in [7, 11) is 0. The van der Waals surface area contributed by atoms with Crippen LogP contribution in [0.3, 0.4) is 0 Å². The van der Waals surface area contributed by atoms with Crippen molar-refractivity contribution in [2.75, 3.05) is 0 Å². The molecule has 0 aliphatic rings. The highest BCUT2D eigenvalue weighted by Crippen LogP contribution is 2.51. The van der Waals surface area contributed by atoms with Gasteiger partial charge >= 0.3 is 0 Å². The monoisotopic (exact) mass is 482 g/mol. The highest BCUT2D eigenvalue weighted by Gasteiger charge is 2.28. The van der Waals surface area contributed by atoms with E-state index in [-0.39, 0.29) is 22.4 Å². The highest BCUT2D eigenvalue weighted by atomic mass is 35.5. The molecule has 0 saturated heterocycles. The highest BCUT2D eigenvalue weighted by molar-refractivity contribution is 6.36. The number of fused-ring (bicyclic) bond motifs is 1. The molecule has 7 nitrogen and oxygen atoms in total. The lowest BCUT2D eigenvalue weighted by atomic mass is 9.99. The summed E-state index contributed by atoms with van der Waals surface area (Å²) < 4.78 is 3.50. The third kappa shape index (κ3) is 3.69. The third-order valence-corrected chi connectivity index (χ3v) is 6.22. The Labute approximate surface area is 199 Å². The molecule has 5 rings (SSSR count). The number of aromatic amines is 1. The van der Waals surface area contributed by atoms with E-state index in [9.17, 15) is 15.3 Å². The first-order valence-electron chi connectivity index (χ1n) is 10.3. The van der Waals surface area contributed by atoms with E-state index in [1.165, 1.54) is 6.07 Å². The Morgan fingerprint density at radius 1 is 0.970 bits per heavy atom. The zero-order valence-electron chi connectivity index (χ0n) is 17.3. The number of halogens is 2. The van der Waals surface area contributed by atoms with E-state index in [2.05, 4.69) is 9.97 Å². The molecule has 0 bridgehead atoms. The molecule has 33 heavy (non-hydrogen) atoms. The number of benzene rings is 2. The van der Waals surface area contributed by atoms with Gasteiger partial charge in [0.25, 0.3) is 0 Å². The van der Waals surface area contributed by atoms with E-state index in [1.807, 2.05) is 35.0 Å². The van der Waals surface area contributed by atoms with Crippen molar-refractivity contribution in [3.8, 4) is 39.8 Å². The second-order valence-corrected chi connectivity index (χ2v) is 8.58. The molecule has 3 heterocycles. The number of hydrogen-bond donors (Lipinski definition) is 4. The van der Waals surface area contributed by atoms with Gasteiger partial charge in [0.1, 0.15) is 5.75 Å². The molecular weight excluding hydrogens is 463 g/mol. The number of aryl methyl sites for hydroxylation is 1. The van der Waals surface area contributed by atoms with Crippen LogP contribution in [0.1, 0.15) is 6.42 Å². The van der Waals surface area contributed by atoms with Gasteiger partial charge in [-0.05, 0) is 24.6 Å². The van der Waals surface area contributed by atoms with Crippen molar-refractivity contribution in [2.24, 2.45) is 0 Å². The van der Waals surface area contributed by atoms with E-state index in [1.54, 1.807) is 29.4 Å². The number of phenolic OH excluding ortho intramolecular Hbond substituents is 1. The van der Waals surface area contributed by atoms with Crippen LogP contribution in [0.5, 0.6) is 17.4 Å². The standard InChI is InChI=1S/C24H20Cl2N4O3/c25-14-10-16(22(31)18(26)11-14)21-20(17-12-28-19-5-2-1-4-15(17)19)23(32)24(33)30(21)8-3-7-29-9-6-27-13-29/h1-2,4-6,9-13,28,31-33H,3,7-8H2. The minimum absolute atomic E-state index is 0.0764. The molecule has 0 aliphatic carbocycles. The van der Waals surface area contributed by atoms with Gasteiger partial charge in [0.05, 0.1) is 22.6 Å². The van der Waals surface area contributed by atoms with Gasteiger partial charge in [-0.3, -0.25) is 0 Å². The molecule has 168 valence electrons. The van der Waals surface area contributed by atoms with Crippen molar-refractivity contribution in [1.82, 2.24) is 19.1 Å². The van der Waals surface area contributed by atoms with Crippen LogP contribution >= 0.6 is 23.2 Å². The maximum Gasteiger partial charge on any atom is 0.235 e. The van der Waals surface area contributed by atoms with Crippen molar-refractivity contribution in [1.29, 1.82) is 0 Å². The van der Waals surface area contributed by atoms with E-state index in [0.29, 0.717) is 46.9 Å². The van der Waals surface area contributed by atoms with Crippen molar-refractivity contribution < 1.29 is 15.3 Å². The van der Waals surface area contributed by atoms with Crippen LogP contribution in [-0.2, 0) is 13.1 Å². The molecule has 0 aliphatic heterocycles. The first-order valence-corrected chi connectivity index (χ1v) is 11.1. The van der Waals surface area contributed by atoms with E-state index in [4.69, 9.17) is 23.2 Å². The number of hydrogen-bond acceptors (Lipinski definition) is 4. The quantitative estimate of drug-likeness (QED) is 0.238. The normalized spacial score (nSPS) is 11.5. The molecule has 4 N–H and O–H groups in total. The van der Waals surface area contributed by atoms with Crippen LogP contribution in [0.25, 0.3) is 33.3 Å². The lowest BCUT2D eigenvalue weighted by molar-refractivity contribution is 0.368. The fourth-order valence-corrected chi connectivity index (χ4v) is 4.69. The Morgan fingerprint density at radius 3 is 2.58 bits per heavy atom. The van der Waals surface area contributed by atoms with Gasteiger partial charge in [0.2, 0.25) is 5.88 Å². The zero-order valence-corrected chi connectivity index (χ0v) is 18.8. The maximum absolute atomic E-state index is 11.1. The predicted molar refractivity (Wildman–Crippen MR) is 129 cm³/mol. The maximum atomic E-state index is 11.1. The van der Waals surface area contributed by atoms with Gasteiger partial charge in [0, 0.05) is 58.7 Å². The van der Waals surface area contributed by atoms with Crippen molar-refractivity contribution >= 4 is 34.1 Å². The number of H-pyrrole nitrogens is 1. The largest absolute Gasteiger partial charge is 0.506 e. The van der Waals surface area contributed by atoms with Crippen LogP contribution in [0.4, 0.5) is 0 Å². The summed E-state index contributed by atoms with van der Waals surface area (Å²) in [6.07, 6.45) is 7.67. The minimum atomic E-state index is -0.300. The number of para-hydroxylation sites is 1. The molecule has 0 amide bonds.